The van der Waals surface area contributed by atoms with Gasteiger partial charge in [-0.3, -0.25) is 4.68 Å². The van der Waals surface area contributed by atoms with E-state index in [2.05, 4.69) is 20.4 Å². The number of carbonyl (C=O) groups is 1. The number of morpholine rings is 1. The van der Waals surface area contributed by atoms with Crippen LogP contribution >= 0.6 is 0 Å². The number of halogens is 5. The average Bonchev–Trinajstić information content (AvgIpc) is 3.44. The average molecular weight is 562 g/mol. The van der Waals surface area contributed by atoms with Gasteiger partial charge in [0.1, 0.15) is 11.5 Å². The summed E-state index contributed by atoms with van der Waals surface area (Å²) in [6, 6.07) is 14.1. The van der Waals surface area contributed by atoms with E-state index in [1.165, 1.54) is 12.1 Å². The highest BCUT2D eigenvalue weighted by atomic mass is 19.4. The highest BCUT2D eigenvalue weighted by Gasteiger charge is 2.38. The van der Waals surface area contributed by atoms with Crippen LogP contribution in [0.25, 0.3) is 11.3 Å². The predicted molar refractivity (Wildman–Crippen MR) is 135 cm³/mol. The number of nitrogens with one attached hydrogen (secondary N) is 1. The second-order valence-corrected chi connectivity index (χ2v) is 8.52. The molecular weight excluding hydrogens is 539 g/mol. The molecule has 1 fully saturated rings. The molecule has 1 aliphatic heterocycles. The van der Waals surface area contributed by atoms with Gasteiger partial charge in [-0.05, 0) is 42.0 Å². The fourth-order valence-electron chi connectivity index (χ4n) is 3.75. The minimum Gasteiger partial charge on any atom is -0.475 e. The van der Waals surface area contributed by atoms with Crippen molar-refractivity contribution in [2.24, 2.45) is 0 Å². The molecule has 2 N–H and O–H groups in total. The minimum atomic E-state index is -5.08. The Labute approximate surface area is 224 Å². The Kier molecular flexibility index (Phi) is 8.89. The standard InChI is InChI=1S/C24H22F2N6O.C2HF3O2/c25-19-12-18(13-21(14-19)31-8-10-33-11-9-31)23-22(26)15-27-24(30-23)29-20-4-2-17(3-5-20)16-32-7-1-6-28-32;3-2(4,5)1(6)7/h1-7,12-15H,8-11,16H2,(H,27,29,30);(H,6,7). The Hall–Kier alpha value is -4.59. The lowest BCUT2D eigenvalue weighted by Crippen LogP contribution is -2.36. The lowest BCUT2D eigenvalue weighted by Gasteiger charge is -2.29. The molecule has 2 aromatic heterocycles. The van der Waals surface area contributed by atoms with Gasteiger partial charge >= 0.3 is 12.1 Å². The molecule has 0 unspecified atom stereocenters. The second kappa shape index (κ2) is 12.5. The van der Waals surface area contributed by atoms with E-state index < -0.39 is 23.8 Å². The van der Waals surface area contributed by atoms with E-state index in [-0.39, 0.29) is 11.6 Å². The molecule has 0 atom stereocenters. The maximum absolute atomic E-state index is 14.6. The van der Waals surface area contributed by atoms with Crippen LogP contribution < -0.4 is 10.2 Å². The number of aliphatic carboxylic acids is 1. The van der Waals surface area contributed by atoms with Crippen LogP contribution in [0.15, 0.2) is 67.1 Å². The molecule has 210 valence electrons. The summed E-state index contributed by atoms with van der Waals surface area (Å²) < 4.78 is 67.9. The summed E-state index contributed by atoms with van der Waals surface area (Å²) >= 11 is 0. The number of anilines is 3. The SMILES string of the molecule is Fc1cc(-c2nc(Nc3ccc(Cn4cccn4)cc3)ncc2F)cc(N2CCOCC2)c1.O=C(O)C(F)(F)F. The molecule has 14 heteroatoms. The maximum Gasteiger partial charge on any atom is 0.490 e. The highest BCUT2D eigenvalue weighted by Crippen LogP contribution is 2.28. The molecule has 0 bridgehead atoms. The summed E-state index contributed by atoms with van der Waals surface area (Å²) in [7, 11) is 0. The fourth-order valence-corrected chi connectivity index (χ4v) is 3.75. The summed E-state index contributed by atoms with van der Waals surface area (Å²) in [6.07, 6.45) is -0.352. The third-order valence-electron chi connectivity index (χ3n) is 5.63. The fraction of sp³-hybridized carbons (Fsp3) is 0.231. The Morgan fingerprint density at radius 3 is 2.40 bits per heavy atom. The molecule has 1 aliphatic rings. The van der Waals surface area contributed by atoms with E-state index in [1.54, 1.807) is 12.3 Å². The lowest BCUT2D eigenvalue weighted by molar-refractivity contribution is -0.192. The highest BCUT2D eigenvalue weighted by molar-refractivity contribution is 5.73. The first-order valence-corrected chi connectivity index (χ1v) is 11.9. The van der Waals surface area contributed by atoms with Gasteiger partial charge in [-0.25, -0.2) is 23.5 Å². The molecule has 1 saturated heterocycles. The first kappa shape index (κ1) is 28.4. The largest absolute Gasteiger partial charge is 0.490 e. The number of rotatable bonds is 6. The number of alkyl halides is 3. The first-order valence-electron chi connectivity index (χ1n) is 11.9. The van der Waals surface area contributed by atoms with Crippen molar-refractivity contribution in [3.63, 3.8) is 0 Å². The normalized spacial score (nSPS) is 13.4. The van der Waals surface area contributed by atoms with Crippen molar-refractivity contribution in [2.45, 2.75) is 12.7 Å². The van der Waals surface area contributed by atoms with Gasteiger partial charge in [0.05, 0.1) is 26.0 Å². The topological polar surface area (TPSA) is 105 Å². The van der Waals surface area contributed by atoms with Crippen LogP contribution in [-0.2, 0) is 16.1 Å². The van der Waals surface area contributed by atoms with Gasteiger partial charge in [0.2, 0.25) is 5.95 Å². The van der Waals surface area contributed by atoms with E-state index in [1.807, 2.05) is 46.1 Å². The summed E-state index contributed by atoms with van der Waals surface area (Å²) in [5.74, 6) is -3.60. The zero-order valence-electron chi connectivity index (χ0n) is 20.8. The summed E-state index contributed by atoms with van der Waals surface area (Å²) in [4.78, 5) is 19.3. The van der Waals surface area contributed by atoms with Gasteiger partial charge in [-0.1, -0.05) is 12.1 Å². The van der Waals surface area contributed by atoms with E-state index >= 15 is 0 Å². The van der Waals surface area contributed by atoms with Gasteiger partial charge in [0.25, 0.3) is 0 Å². The van der Waals surface area contributed by atoms with Crippen molar-refractivity contribution in [3.8, 4) is 11.3 Å². The van der Waals surface area contributed by atoms with E-state index in [0.717, 1.165) is 17.4 Å². The van der Waals surface area contributed by atoms with Gasteiger partial charge in [-0.2, -0.15) is 18.3 Å². The zero-order valence-corrected chi connectivity index (χ0v) is 20.8. The number of ether oxygens (including phenoxy) is 1. The molecule has 9 nitrogen and oxygen atoms in total. The summed E-state index contributed by atoms with van der Waals surface area (Å²) in [5.41, 5.74) is 2.91. The Morgan fingerprint density at radius 2 is 1.77 bits per heavy atom. The predicted octanol–water partition coefficient (Wildman–Crippen LogP) is 4.88. The van der Waals surface area contributed by atoms with Gasteiger partial charge in [-0.15, -0.1) is 0 Å². The number of benzene rings is 2. The van der Waals surface area contributed by atoms with Gasteiger partial charge in [0.15, 0.2) is 5.82 Å². The van der Waals surface area contributed by atoms with Crippen molar-refractivity contribution >= 4 is 23.3 Å². The number of hydrogen-bond donors (Lipinski definition) is 2. The van der Waals surface area contributed by atoms with Crippen LogP contribution in [0.1, 0.15) is 5.56 Å². The van der Waals surface area contributed by atoms with Crippen LogP contribution in [0, 0.1) is 11.6 Å². The number of aromatic nitrogens is 4. The third-order valence-corrected chi connectivity index (χ3v) is 5.63. The quantitative estimate of drug-likeness (QED) is 0.321. The van der Waals surface area contributed by atoms with Crippen LogP contribution in [0.3, 0.4) is 0 Å². The van der Waals surface area contributed by atoms with Crippen molar-refractivity contribution in [1.29, 1.82) is 0 Å². The third kappa shape index (κ3) is 7.72. The molecule has 5 rings (SSSR count). The molecule has 0 spiro atoms. The molecular formula is C26H23F5N6O3. The molecule has 2 aromatic carbocycles. The number of nitrogens with zero attached hydrogens (tertiary/aromatic N) is 5. The number of carboxylic acids is 1. The maximum atomic E-state index is 14.6. The van der Waals surface area contributed by atoms with Crippen LogP contribution in [0.5, 0.6) is 0 Å². The summed E-state index contributed by atoms with van der Waals surface area (Å²) in [5, 5.41) is 14.4. The monoisotopic (exact) mass is 562 g/mol. The minimum absolute atomic E-state index is 0.0387. The van der Waals surface area contributed by atoms with Crippen molar-refractivity contribution in [3.05, 3.63) is 84.3 Å². The van der Waals surface area contributed by atoms with E-state index in [4.69, 9.17) is 14.6 Å². The molecule has 40 heavy (non-hydrogen) atoms. The summed E-state index contributed by atoms with van der Waals surface area (Å²) in [6.45, 7) is 3.11. The van der Waals surface area contributed by atoms with Gasteiger partial charge in [0, 0.05) is 42.4 Å². The molecule has 3 heterocycles. The second-order valence-electron chi connectivity index (χ2n) is 8.52. The molecule has 4 aromatic rings. The number of hydrogen-bond acceptors (Lipinski definition) is 7. The van der Waals surface area contributed by atoms with E-state index in [0.29, 0.717) is 44.1 Å². The van der Waals surface area contributed by atoms with Crippen molar-refractivity contribution < 1.29 is 36.6 Å². The molecule has 0 saturated carbocycles. The van der Waals surface area contributed by atoms with Crippen molar-refractivity contribution in [2.75, 3.05) is 36.5 Å². The Balaban J connectivity index is 0.000000470. The Bertz CT molecular complexity index is 1430. The molecule has 0 amide bonds. The van der Waals surface area contributed by atoms with Gasteiger partial charge < -0.3 is 20.1 Å². The van der Waals surface area contributed by atoms with Crippen LogP contribution in [0.2, 0.25) is 0 Å². The Morgan fingerprint density at radius 1 is 1.07 bits per heavy atom. The number of carboxylic acid groups (broad SMARTS) is 1. The molecule has 0 aliphatic carbocycles. The van der Waals surface area contributed by atoms with Crippen LogP contribution in [-0.4, -0.2) is 63.3 Å². The lowest BCUT2D eigenvalue weighted by atomic mass is 10.1. The zero-order chi connectivity index (χ0) is 28.7. The smallest absolute Gasteiger partial charge is 0.475 e. The first-order chi connectivity index (χ1) is 19.1. The van der Waals surface area contributed by atoms with Crippen molar-refractivity contribution in [1.82, 2.24) is 19.7 Å². The van der Waals surface area contributed by atoms with E-state index in [9.17, 15) is 22.0 Å². The van der Waals surface area contributed by atoms with Crippen LogP contribution in [0.4, 0.5) is 39.3 Å². The molecule has 0 radical (unpaired) electrons.